The predicted octanol–water partition coefficient (Wildman–Crippen LogP) is 7.75. The van der Waals surface area contributed by atoms with E-state index in [0.29, 0.717) is 5.92 Å². The van der Waals surface area contributed by atoms with E-state index in [0.717, 1.165) is 13.0 Å². The van der Waals surface area contributed by atoms with Crippen molar-refractivity contribution in [3.8, 4) is 0 Å². The molecule has 0 amide bonds. The molecule has 32 heavy (non-hydrogen) atoms. The predicted molar refractivity (Wildman–Crippen MR) is 136 cm³/mol. The average Bonchev–Trinajstić information content (AvgIpc) is 3.29. The summed E-state index contributed by atoms with van der Waals surface area (Å²) in [6.45, 7) is 8.20. The quantitative estimate of drug-likeness (QED) is 0.199. The van der Waals surface area contributed by atoms with Gasteiger partial charge in [-0.15, -0.1) is 0 Å². The molecule has 2 atom stereocenters. The molecule has 172 valence electrons. The molecule has 0 saturated heterocycles. The van der Waals surface area contributed by atoms with Crippen LogP contribution in [0.4, 0.5) is 0 Å². The minimum Gasteiger partial charge on any atom is -0.247 e. The van der Waals surface area contributed by atoms with Gasteiger partial charge in [0.2, 0.25) is 0 Å². The molecular formula is C30H43N2+. The standard InChI is InChI=1S/C30H42N2/c1-4-6-7-8-9-16-23-32-24-22-31-29(32)28(17-5-2)30(3,27-20-14-11-15-21-27)25-26-18-12-10-13-19-26/h10-15,18-22,24,28H,4-9,16-17,23,25H2,1-3H3/p+1. The Hall–Kier alpha value is -2.35. The van der Waals surface area contributed by atoms with Crippen LogP contribution in [-0.2, 0) is 18.4 Å². The second kappa shape index (κ2) is 12.6. The van der Waals surface area contributed by atoms with Gasteiger partial charge in [0.15, 0.2) is 0 Å². The van der Waals surface area contributed by atoms with Crippen molar-refractivity contribution >= 4 is 0 Å². The molecule has 0 saturated carbocycles. The van der Waals surface area contributed by atoms with Gasteiger partial charge in [-0.1, -0.05) is 114 Å². The van der Waals surface area contributed by atoms with Crippen LogP contribution in [0.1, 0.15) is 95.0 Å². The first-order chi connectivity index (χ1) is 15.7. The zero-order chi connectivity index (χ0) is 22.7. The van der Waals surface area contributed by atoms with Crippen LogP contribution >= 0.6 is 0 Å². The van der Waals surface area contributed by atoms with Gasteiger partial charge < -0.3 is 0 Å². The van der Waals surface area contributed by atoms with E-state index in [-0.39, 0.29) is 5.41 Å². The number of benzene rings is 2. The first-order valence-corrected chi connectivity index (χ1v) is 12.8. The Labute approximate surface area is 196 Å². The maximum Gasteiger partial charge on any atom is 0.258 e. The van der Waals surface area contributed by atoms with Gasteiger partial charge in [0, 0.05) is 5.41 Å². The molecule has 3 rings (SSSR count). The molecule has 0 spiro atoms. The Morgan fingerprint density at radius 3 is 2.16 bits per heavy atom. The molecular weight excluding hydrogens is 388 g/mol. The monoisotopic (exact) mass is 431 g/mol. The van der Waals surface area contributed by atoms with E-state index < -0.39 is 0 Å². The van der Waals surface area contributed by atoms with Gasteiger partial charge in [0.1, 0.15) is 12.4 Å². The van der Waals surface area contributed by atoms with Crippen molar-refractivity contribution < 1.29 is 4.57 Å². The smallest absolute Gasteiger partial charge is 0.247 e. The fraction of sp³-hybridized carbons (Fsp3) is 0.500. The molecule has 0 aliphatic rings. The molecule has 3 aromatic rings. The van der Waals surface area contributed by atoms with Crippen molar-refractivity contribution in [2.24, 2.45) is 0 Å². The van der Waals surface area contributed by atoms with E-state index in [9.17, 15) is 0 Å². The normalized spacial score (nSPS) is 14.2. The summed E-state index contributed by atoms with van der Waals surface area (Å²) in [6, 6.07) is 22.2. The first kappa shape index (κ1) is 24.3. The third-order valence-electron chi connectivity index (χ3n) is 7.07. The van der Waals surface area contributed by atoms with E-state index in [4.69, 9.17) is 0 Å². The Morgan fingerprint density at radius 1 is 0.812 bits per heavy atom. The minimum atomic E-state index is 0.0202. The van der Waals surface area contributed by atoms with E-state index in [1.54, 1.807) is 0 Å². The SMILES string of the molecule is CCCCCCCC[n+]1cc[nH]c1C(CCC)C(C)(Cc1ccccc1)c1ccccc1. The number of hydrogen-bond donors (Lipinski definition) is 1. The van der Waals surface area contributed by atoms with Crippen LogP contribution in [0.2, 0.25) is 0 Å². The number of H-pyrrole nitrogens is 1. The minimum absolute atomic E-state index is 0.0202. The summed E-state index contributed by atoms with van der Waals surface area (Å²) in [5.41, 5.74) is 2.86. The van der Waals surface area contributed by atoms with E-state index in [1.165, 1.54) is 68.3 Å². The maximum atomic E-state index is 3.68. The molecule has 0 aliphatic heterocycles. The summed E-state index contributed by atoms with van der Waals surface area (Å²) in [7, 11) is 0. The number of hydrogen-bond acceptors (Lipinski definition) is 0. The fourth-order valence-corrected chi connectivity index (χ4v) is 5.25. The maximum absolute atomic E-state index is 3.68. The lowest BCUT2D eigenvalue weighted by Gasteiger charge is -2.37. The highest BCUT2D eigenvalue weighted by molar-refractivity contribution is 5.32. The summed E-state index contributed by atoms with van der Waals surface area (Å²) in [4.78, 5) is 3.68. The van der Waals surface area contributed by atoms with Gasteiger partial charge in [-0.2, -0.15) is 0 Å². The summed E-state index contributed by atoms with van der Waals surface area (Å²) in [5, 5.41) is 0. The van der Waals surface area contributed by atoms with Crippen molar-refractivity contribution in [1.29, 1.82) is 0 Å². The highest BCUT2D eigenvalue weighted by Crippen LogP contribution is 2.43. The van der Waals surface area contributed by atoms with Gasteiger partial charge in [-0.05, 0) is 36.8 Å². The molecule has 0 bridgehead atoms. The van der Waals surface area contributed by atoms with Crippen LogP contribution in [0.5, 0.6) is 0 Å². The molecule has 0 radical (unpaired) electrons. The third-order valence-corrected chi connectivity index (χ3v) is 7.07. The summed E-state index contributed by atoms with van der Waals surface area (Å²) >= 11 is 0. The van der Waals surface area contributed by atoms with Crippen LogP contribution < -0.4 is 4.57 Å². The Kier molecular flexibility index (Phi) is 9.59. The van der Waals surface area contributed by atoms with Crippen LogP contribution in [0, 0.1) is 0 Å². The van der Waals surface area contributed by atoms with Crippen LogP contribution in [0.25, 0.3) is 0 Å². The fourth-order valence-electron chi connectivity index (χ4n) is 5.25. The van der Waals surface area contributed by atoms with Gasteiger partial charge in [-0.25, -0.2) is 9.55 Å². The van der Waals surface area contributed by atoms with Crippen LogP contribution in [0.15, 0.2) is 73.1 Å². The molecule has 2 nitrogen and oxygen atoms in total. The van der Waals surface area contributed by atoms with Gasteiger partial charge >= 0.3 is 0 Å². The molecule has 2 unspecified atom stereocenters. The van der Waals surface area contributed by atoms with Gasteiger partial charge in [0.05, 0.1) is 12.5 Å². The zero-order valence-electron chi connectivity index (χ0n) is 20.5. The second-order valence-corrected chi connectivity index (χ2v) is 9.59. The number of nitrogens with one attached hydrogen (secondary N) is 1. The Balaban J connectivity index is 1.87. The van der Waals surface area contributed by atoms with Crippen LogP contribution in [-0.4, -0.2) is 4.98 Å². The van der Waals surface area contributed by atoms with E-state index in [1.807, 2.05) is 0 Å². The molecule has 1 N–H and O–H groups in total. The van der Waals surface area contributed by atoms with Gasteiger partial charge in [0.25, 0.3) is 5.82 Å². The lowest BCUT2D eigenvalue weighted by molar-refractivity contribution is -0.705. The number of aryl methyl sites for hydroxylation is 1. The van der Waals surface area contributed by atoms with E-state index >= 15 is 0 Å². The lowest BCUT2D eigenvalue weighted by Crippen LogP contribution is -2.43. The summed E-state index contributed by atoms with van der Waals surface area (Å²) in [6.07, 6.45) is 15.8. The summed E-state index contributed by atoms with van der Waals surface area (Å²) in [5.74, 6) is 1.83. The van der Waals surface area contributed by atoms with Crippen molar-refractivity contribution in [1.82, 2.24) is 4.98 Å². The number of aromatic nitrogens is 2. The number of imidazole rings is 1. The first-order valence-electron chi connectivity index (χ1n) is 12.8. The largest absolute Gasteiger partial charge is 0.258 e. The topological polar surface area (TPSA) is 19.7 Å². The molecule has 1 heterocycles. The van der Waals surface area contributed by atoms with Crippen LogP contribution in [0.3, 0.4) is 0 Å². The van der Waals surface area contributed by atoms with Crippen molar-refractivity contribution in [3.63, 3.8) is 0 Å². The van der Waals surface area contributed by atoms with Crippen molar-refractivity contribution in [2.45, 2.75) is 96.4 Å². The highest BCUT2D eigenvalue weighted by atomic mass is 15.1. The Morgan fingerprint density at radius 2 is 1.47 bits per heavy atom. The number of rotatable bonds is 14. The zero-order valence-corrected chi connectivity index (χ0v) is 20.5. The Bertz CT molecular complexity index is 883. The average molecular weight is 432 g/mol. The molecule has 0 aliphatic carbocycles. The molecule has 0 fully saturated rings. The van der Waals surface area contributed by atoms with E-state index in [2.05, 4.69) is 103 Å². The number of aromatic amines is 1. The third kappa shape index (κ3) is 6.34. The molecule has 2 heteroatoms. The number of unbranched alkanes of at least 4 members (excludes halogenated alkanes) is 5. The highest BCUT2D eigenvalue weighted by Gasteiger charge is 2.41. The molecule has 1 aromatic heterocycles. The van der Waals surface area contributed by atoms with Gasteiger partial charge in [-0.3, -0.25) is 0 Å². The second-order valence-electron chi connectivity index (χ2n) is 9.59. The van der Waals surface area contributed by atoms with Crippen molar-refractivity contribution in [3.05, 3.63) is 90.0 Å². The lowest BCUT2D eigenvalue weighted by atomic mass is 9.66. The molecule has 2 aromatic carbocycles. The number of nitrogens with zero attached hydrogens (tertiary/aromatic N) is 1. The summed E-state index contributed by atoms with van der Waals surface area (Å²) < 4.78 is 2.51. The van der Waals surface area contributed by atoms with Crippen molar-refractivity contribution in [2.75, 3.05) is 0 Å².